The fraction of sp³-hybridized carbons (Fsp3) is 0. The van der Waals surface area contributed by atoms with E-state index in [0.29, 0.717) is 0 Å². The summed E-state index contributed by atoms with van der Waals surface area (Å²) in [7, 11) is 0. The molecule has 238 valence electrons. The number of benzene rings is 8. The number of hydrogen-bond donors (Lipinski definition) is 1. The summed E-state index contributed by atoms with van der Waals surface area (Å²) in [4.78, 5) is 3.78. The van der Waals surface area contributed by atoms with E-state index in [2.05, 4.69) is 163 Å². The van der Waals surface area contributed by atoms with E-state index in [0.717, 1.165) is 44.1 Å². The van der Waals surface area contributed by atoms with Crippen molar-refractivity contribution < 1.29 is 4.42 Å². The molecule has 3 aromatic heterocycles. The Morgan fingerprint density at radius 2 is 1.00 bits per heavy atom. The van der Waals surface area contributed by atoms with Gasteiger partial charge in [0.25, 0.3) is 0 Å². The van der Waals surface area contributed by atoms with Gasteiger partial charge in [0.2, 0.25) is 0 Å². The summed E-state index contributed by atoms with van der Waals surface area (Å²) in [5.74, 6) is 0. The van der Waals surface area contributed by atoms with E-state index in [1.54, 1.807) is 0 Å². The Balaban J connectivity index is 1.00. The largest absolute Gasteiger partial charge is 0.455 e. The first-order valence-electron chi connectivity index (χ1n) is 17.3. The molecule has 8 aromatic carbocycles. The standard InChI is InChI=1S/C48H29NOS/c1-3-22-44-37(14-1)40-20-8-17-35(47(40)50-44)33-24-25-43-42(28-33)39-19-7-16-34(46(39)49-43)31-12-5-10-29(26-31)30-11-6-13-32(27-30)36-18-9-21-41-38-15-2-4-23-45(38)51-48(36)41/h1-28,49H. The number of hydrogen-bond acceptors (Lipinski definition) is 2. The number of para-hydroxylation sites is 3. The van der Waals surface area contributed by atoms with Gasteiger partial charge < -0.3 is 9.40 Å². The minimum absolute atomic E-state index is 0.917. The first-order chi connectivity index (χ1) is 25.3. The van der Waals surface area contributed by atoms with Crippen molar-refractivity contribution in [1.29, 1.82) is 0 Å². The van der Waals surface area contributed by atoms with Crippen LogP contribution < -0.4 is 0 Å². The number of fused-ring (bicyclic) bond motifs is 9. The molecule has 0 amide bonds. The van der Waals surface area contributed by atoms with Crippen LogP contribution in [0.3, 0.4) is 0 Å². The van der Waals surface area contributed by atoms with Gasteiger partial charge in [0.05, 0.1) is 5.52 Å². The van der Waals surface area contributed by atoms with Gasteiger partial charge in [0.15, 0.2) is 0 Å². The molecule has 0 atom stereocenters. The molecule has 0 fully saturated rings. The van der Waals surface area contributed by atoms with E-state index < -0.39 is 0 Å². The van der Waals surface area contributed by atoms with E-state index in [1.807, 2.05) is 23.5 Å². The van der Waals surface area contributed by atoms with Gasteiger partial charge in [0.1, 0.15) is 11.2 Å². The predicted molar refractivity (Wildman–Crippen MR) is 218 cm³/mol. The highest BCUT2D eigenvalue weighted by Gasteiger charge is 2.16. The number of aromatic amines is 1. The van der Waals surface area contributed by atoms with Crippen molar-refractivity contribution in [2.24, 2.45) is 0 Å². The maximum absolute atomic E-state index is 6.40. The van der Waals surface area contributed by atoms with E-state index in [4.69, 9.17) is 4.42 Å². The lowest BCUT2D eigenvalue weighted by atomic mass is 9.95. The monoisotopic (exact) mass is 667 g/mol. The molecule has 11 aromatic rings. The minimum Gasteiger partial charge on any atom is -0.455 e. The van der Waals surface area contributed by atoms with Crippen LogP contribution in [0.5, 0.6) is 0 Å². The molecule has 0 saturated carbocycles. The van der Waals surface area contributed by atoms with Crippen LogP contribution in [-0.2, 0) is 0 Å². The molecule has 0 radical (unpaired) electrons. The van der Waals surface area contributed by atoms with Crippen LogP contribution in [0.15, 0.2) is 174 Å². The highest BCUT2D eigenvalue weighted by molar-refractivity contribution is 7.26. The van der Waals surface area contributed by atoms with E-state index >= 15 is 0 Å². The molecule has 11 rings (SSSR count). The zero-order valence-electron chi connectivity index (χ0n) is 27.5. The number of thiophene rings is 1. The minimum atomic E-state index is 0.917. The van der Waals surface area contributed by atoms with Crippen molar-refractivity contribution in [3.05, 3.63) is 170 Å². The molecule has 0 bridgehead atoms. The predicted octanol–water partition coefficient (Wildman–Crippen LogP) is 14.3. The molecule has 0 aliphatic carbocycles. The van der Waals surface area contributed by atoms with Crippen molar-refractivity contribution in [1.82, 2.24) is 4.98 Å². The van der Waals surface area contributed by atoms with Gasteiger partial charge in [-0.3, -0.25) is 0 Å². The summed E-state index contributed by atoms with van der Waals surface area (Å²) in [6, 6.07) is 61.4. The molecular weight excluding hydrogens is 639 g/mol. The average molecular weight is 668 g/mol. The van der Waals surface area contributed by atoms with Crippen molar-refractivity contribution >= 4 is 75.3 Å². The number of rotatable bonds is 4. The van der Waals surface area contributed by atoms with Gasteiger partial charge in [-0.15, -0.1) is 11.3 Å². The first kappa shape index (κ1) is 28.4. The molecule has 0 saturated heterocycles. The third kappa shape index (κ3) is 4.42. The Morgan fingerprint density at radius 1 is 0.392 bits per heavy atom. The Morgan fingerprint density at radius 3 is 1.84 bits per heavy atom. The smallest absolute Gasteiger partial charge is 0.143 e. The van der Waals surface area contributed by atoms with Crippen LogP contribution in [0.25, 0.3) is 108 Å². The van der Waals surface area contributed by atoms with Crippen LogP contribution in [0, 0.1) is 0 Å². The van der Waals surface area contributed by atoms with Crippen LogP contribution >= 0.6 is 11.3 Å². The number of nitrogens with one attached hydrogen (secondary N) is 1. The molecule has 0 aliphatic rings. The Bertz CT molecular complexity index is 3160. The molecule has 3 heteroatoms. The van der Waals surface area contributed by atoms with E-state index in [9.17, 15) is 0 Å². The molecular formula is C48H29NOS. The third-order valence-electron chi connectivity index (χ3n) is 10.4. The summed E-state index contributed by atoms with van der Waals surface area (Å²) in [6.07, 6.45) is 0. The lowest BCUT2D eigenvalue weighted by molar-refractivity contribution is 0.670. The highest BCUT2D eigenvalue weighted by atomic mass is 32.1. The van der Waals surface area contributed by atoms with Gasteiger partial charge in [-0.1, -0.05) is 133 Å². The first-order valence-corrected chi connectivity index (χ1v) is 18.2. The molecule has 0 spiro atoms. The van der Waals surface area contributed by atoms with Crippen LogP contribution in [0.1, 0.15) is 0 Å². The van der Waals surface area contributed by atoms with Crippen molar-refractivity contribution in [2.45, 2.75) is 0 Å². The molecule has 3 heterocycles. The third-order valence-corrected chi connectivity index (χ3v) is 11.7. The molecule has 2 nitrogen and oxygen atoms in total. The fourth-order valence-electron chi connectivity index (χ4n) is 8.01. The Kier molecular flexibility index (Phi) is 6.16. The van der Waals surface area contributed by atoms with Gasteiger partial charge in [-0.25, -0.2) is 0 Å². The van der Waals surface area contributed by atoms with Crippen molar-refractivity contribution in [3.8, 4) is 44.5 Å². The maximum Gasteiger partial charge on any atom is 0.143 e. The van der Waals surface area contributed by atoms with Gasteiger partial charge >= 0.3 is 0 Å². The number of H-pyrrole nitrogens is 1. The van der Waals surface area contributed by atoms with E-state index in [-0.39, 0.29) is 0 Å². The zero-order chi connectivity index (χ0) is 33.5. The lowest BCUT2D eigenvalue weighted by Crippen LogP contribution is -1.85. The molecule has 0 aliphatic heterocycles. The maximum atomic E-state index is 6.40. The SMILES string of the molecule is c1cc(-c2cccc(-c3cccc4c3sc3ccccc34)c2)cc(-c2cccc3c2[nH]c2ccc(-c4cccc5c4oc4ccccc45)cc23)c1. The van der Waals surface area contributed by atoms with Gasteiger partial charge in [-0.2, -0.15) is 0 Å². The molecule has 0 unspecified atom stereocenters. The van der Waals surface area contributed by atoms with Crippen LogP contribution in [-0.4, -0.2) is 4.98 Å². The molecule has 1 N–H and O–H groups in total. The summed E-state index contributed by atoms with van der Waals surface area (Å²) >= 11 is 1.88. The summed E-state index contributed by atoms with van der Waals surface area (Å²) in [5.41, 5.74) is 13.7. The van der Waals surface area contributed by atoms with Crippen molar-refractivity contribution in [3.63, 3.8) is 0 Å². The highest BCUT2D eigenvalue weighted by Crippen LogP contribution is 2.42. The topological polar surface area (TPSA) is 28.9 Å². The van der Waals surface area contributed by atoms with E-state index in [1.165, 1.54) is 64.3 Å². The fourth-order valence-corrected chi connectivity index (χ4v) is 9.25. The summed E-state index contributed by atoms with van der Waals surface area (Å²) in [5, 5.41) is 7.36. The quantitative estimate of drug-likeness (QED) is 0.199. The van der Waals surface area contributed by atoms with Gasteiger partial charge in [-0.05, 0) is 69.8 Å². The molecule has 51 heavy (non-hydrogen) atoms. The van der Waals surface area contributed by atoms with Gasteiger partial charge in [0, 0.05) is 58.4 Å². The second-order valence-electron chi connectivity index (χ2n) is 13.3. The van der Waals surface area contributed by atoms with Crippen LogP contribution in [0.2, 0.25) is 0 Å². The average Bonchev–Trinajstić information content (AvgIpc) is 3.89. The van der Waals surface area contributed by atoms with Crippen molar-refractivity contribution in [2.75, 3.05) is 0 Å². The second kappa shape index (κ2) is 11.0. The summed E-state index contributed by atoms with van der Waals surface area (Å²) < 4.78 is 9.07. The van der Waals surface area contributed by atoms with Crippen LogP contribution in [0.4, 0.5) is 0 Å². The second-order valence-corrected chi connectivity index (χ2v) is 14.4. The number of aromatic nitrogens is 1. The zero-order valence-corrected chi connectivity index (χ0v) is 28.3. The lowest BCUT2D eigenvalue weighted by Gasteiger charge is -2.10. The number of furan rings is 1. The Labute approximate surface area is 297 Å². The Hall–Kier alpha value is -6.42. The normalized spacial score (nSPS) is 11.9. The summed E-state index contributed by atoms with van der Waals surface area (Å²) in [6.45, 7) is 0.